The number of carbonyl (C=O) groups excluding carboxylic acids is 1. The second kappa shape index (κ2) is 7.21. The van der Waals surface area contributed by atoms with E-state index >= 15 is 0 Å². The summed E-state index contributed by atoms with van der Waals surface area (Å²) in [5.41, 5.74) is 5.62. The van der Waals surface area contributed by atoms with Crippen LogP contribution in [0.15, 0.2) is 6.20 Å². The number of anilines is 2. The van der Waals surface area contributed by atoms with Crippen molar-refractivity contribution >= 4 is 17.7 Å². The summed E-state index contributed by atoms with van der Waals surface area (Å²) in [6, 6.07) is 0.159. The third-order valence-corrected chi connectivity index (χ3v) is 3.58. The Morgan fingerprint density at radius 1 is 1.52 bits per heavy atom. The molecule has 7 nitrogen and oxygen atoms in total. The fourth-order valence-corrected chi connectivity index (χ4v) is 2.49. The van der Waals surface area contributed by atoms with E-state index < -0.39 is 5.91 Å². The second-order valence-corrected chi connectivity index (χ2v) is 5.41. The molecule has 116 valence electrons. The molecule has 2 atom stereocenters. The Morgan fingerprint density at radius 2 is 2.33 bits per heavy atom. The molecule has 1 aromatic rings. The summed E-state index contributed by atoms with van der Waals surface area (Å²) in [7, 11) is 0. The number of aliphatic hydroxyl groups excluding tert-OH is 1. The number of nitrogens with two attached hydrogens (primary N) is 1. The average molecular weight is 293 g/mol. The molecular formula is C14H23N5O2. The van der Waals surface area contributed by atoms with Crippen LogP contribution < -0.4 is 16.4 Å². The van der Waals surface area contributed by atoms with Gasteiger partial charge in [-0.25, -0.2) is 4.98 Å². The van der Waals surface area contributed by atoms with E-state index in [1.165, 1.54) is 6.20 Å². The minimum Gasteiger partial charge on any atom is -0.393 e. The van der Waals surface area contributed by atoms with E-state index in [1.807, 2.05) is 6.92 Å². The van der Waals surface area contributed by atoms with Gasteiger partial charge in [-0.15, -0.1) is 0 Å². The van der Waals surface area contributed by atoms with Gasteiger partial charge in [0.25, 0.3) is 5.91 Å². The molecule has 21 heavy (non-hydrogen) atoms. The van der Waals surface area contributed by atoms with Gasteiger partial charge in [-0.3, -0.25) is 4.79 Å². The number of hydrogen-bond donors (Lipinski definition) is 4. The number of nitrogens with one attached hydrogen (secondary N) is 2. The highest BCUT2D eigenvalue weighted by Gasteiger charge is 2.21. The van der Waals surface area contributed by atoms with Crippen molar-refractivity contribution in [3.05, 3.63) is 11.8 Å². The van der Waals surface area contributed by atoms with Crippen molar-refractivity contribution in [3.8, 4) is 0 Å². The number of carbonyl (C=O) groups is 1. The third-order valence-electron chi connectivity index (χ3n) is 3.58. The van der Waals surface area contributed by atoms with E-state index in [2.05, 4.69) is 20.6 Å². The summed E-state index contributed by atoms with van der Waals surface area (Å²) in [5.74, 6) is 0.365. The molecule has 1 aliphatic carbocycles. The molecule has 1 aliphatic rings. The molecule has 1 aromatic heterocycles. The minimum absolute atomic E-state index is 0.159. The van der Waals surface area contributed by atoms with Gasteiger partial charge in [0.2, 0.25) is 5.95 Å². The first-order valence-electron chi connectivity index (χ1n) is 7.45. The topological polar surface area (TPSA) is 113 Å². The van der Waals surface area contributed by atoms with Gasteiger partial charge >= 0.3 is 0 Å². The van der Waals surface area contributed by atoms with Crippen LogP contribution in [0, 0.1) is 0 Å². The van der Waals surface area contributed by atoms with E-state index in [1.54, 1.807) is 0 Å². The van der Waals surface area contributed by atoms with Crippen molar-refractivity contribution in [2.24, 2.45) is 5.73 Å². The van der Waals surface area contributed by atoms with E-state index in [-0.39, 0.29) is 17.7 Å². The molecule has 0 aliphatic heterocycles. The van der Waals surface area contributed by atoms with E-state index in [9.17, 15) is 9.90 Å². The number of rotatable bonds is 6. The van der Waals surface area contributed by atoms with Crippen LogP contribution in [0.5, 0.6) is 0 Å². The second-order valence-electron chi connectivity index (χ2n) is 5.41. The Labute approximate surface area is 124 Å². The highest BCUT2D eigenvalue weighted by molar-refractivity contribution is 5.97. The summed E-state index contributed by atoms with van der Waals surface area (Å²) < 4.78 is 0. The highest BCUT2D eigenvalue weighted by atomic mass is 16.3. The van der Waals surface area contributed by atoms with E-state index in [0.717, 1.165) is 25.7 Å². The summed E-state index contributed by atoms with van der Waals surface area (Å²) in [4.78, 5) is 19.9. The molecule has 2 unspecified atom stereocenters. The molecule has 1 amide bonds. The zero-order valence-electron chi connectivity index (χ0n) is 12.3. The lowest BCUT2D eigenvalue weighted by atomic mass is 9.93. The molecule has 1 fully saturated rings. The largest absolute Gasteiger partial charge is 0.393 e. The molecule has 0 aromatic carbocycles. The predicted octanol–water partition coefficient (Wildman–Crippen LogP) is 1.11. The minimum atomic E-state index is -0.548. The van der Waals surface area contributed by atoms with Gasteiger partial charge in [-0.2, -0.15) is 4.98 Å². The van der Waals surface area contributed by atoms with Crippen molar-refractivity contribution < 1.29 is 9.90 Å². The van der Waals surface area contributed by atoms with Gasteiger partial charge in [0.1, 0.15) is 5.82 Å². The van der Waals surface area contributed by atoms with Crippen LogP contribution in [0.3, 0.4) is 0 Å². The number of amides is 1. The van der Waals surface area contributed by atoms with Crippen LogP contribution >= 0.6 is 0 Å². The maximum Gasteiger partial charge on any atom is 0.254 e. The van der Waals surface area contributed by atoms with Crippen LogP contribution in [0.1, 0.15) is 49.4 Å². The van der Waals surface area contributed by atoms with Crippen molar-refractivity contribution in [2.75, 3.05) is 17.2 Å². The lowest BCUT2D eigenvalue weighted by Crippen LogP contribution is -2.30. The van der Waals surface area contributed by atoms with Gasteiger partial charge in [-0.05, 0) is 32.1 Å². The third kappa shape index (κ3) is 4.29. The summed E-state index contributed by atoms with van der Waals surface area (Å²) in [6.07, 6.45) is 5.60. The summed E-state index contributed by atoms with van der Waals surface area (Å²) >= 11 is 0. The van der Waals surface area contributed by atoms with Crippen LogP contribution in [-0.4, -0.2) is 39.7 Å². The molecular weight excluding hydrogens is 270 g/mol. The summed E-state index contributed by atoms with van der Waals surface area (Å²) in [5, 5.41) is 16.0. The van der Waals surface area contributed by atoms with Gasteiger partial charge in [0, 0.05) is 18.8 Å². The van der Waals surface area contributed by atoms with Gasteiger partial charge in [0.05, 0.1) is 11.7 Å². The maximum absolute atomic E-state index is 11.4. The molecule has 2 rings (SSSR count). The smallest absolute Gasteiger partial charge is 0.254 e. The quantitative estimate of drug-likeness (QED) is 0.625. The zero-order chi connectivity index (χ0) is 15.2. The number of primary amides is 1. The van der Waals surface area contributed by atoms with Crippen LogP contribution in [0.2, 0.25) is 0 Å². The lowest BCUT2D eigenvalue weighted by molar-refractivity contribution is 0.100. The van der Waals surface area contributed by atoms with E-state index in [0.29, 0.717) is 24.7 Å². The Kier molecular flexibility index (Phi) is 5.32. The lowest BCUT2D eigenvalue weighted by Gasteiger charge is -2.26. The molecule has 5 N–H and O–H groups in total. The molecule has 0 spiro atoms. The van der Waals surface area contributed by atoms with Crippen molar-refractivity contribution in [1.29, 1.82) is 0 Å². The van der Waals surface area contributed by atoms with Gasteiger partial charge in [0.15, 0.2) is 0 Å². The van der Waals surface area contributed by atoms with Crippen molar-refractivity contribution in [1.82, 2.24) is 9.97 Å². The first-order valence-corrected chi connectivity index (χ1v) is 7.45. The molecule has 1 heterocycles. The number of aliphatic hydroxyl groups is 1. The van der Waals surface area contributed by atoms with Crippen LogP contribution in [0.25, 0.3) is 0 Å². The molecule has 0 saturated heterocycles. The SMILES string of the molecule is CCCNc1nc(NC2CCCC(O)C2)ncc1C(N)=O. The normalized spacial score (nSPS) is 21.8. The van der Waals surface area contributed by atoms with Crippen molar-refractivity contribution in [3.63, 3.8) is 0 Å². The number of aromatic nitrogens is 2. The Morgan fingerprint density at radius 3 is 3.00 bits per heavy atom. The predicted molar refractivity (Wildman–Crippen MR) is 81.2 cm³/mol. The first-order chi connectivity index (χ1) is 10.1. The number of nitrogens with zero attached hydrogens (tertiary/aromatic N) is 2. The Bertz CT molecular complexity index is 494. The standard InChI is InChI=1S/C14H23N5O2/c1-2-6-16-13-11(12(15)21)8-17-14(19-13)18-9-4-3-5-10(20)7-9/h8-10,20H,2-7H2,1H3,(H2,15,21)(H2,16,17,18,19). The van der Waals surface area contributed by atoms with Gasteiger partial charge in [-0.1, -0.05) is 6.92 Å². The highest BCUT2D eigenvalue weighted by Crippen LogP contribution is 2.22. The van der Waals surface area contributed by atoms with Crippen LogP contribution in [0.4, 0.5) is 11.8 Å². The fourth-order valence-electron chi connectivity index (χ4n) is 2.49. The molecule has 1 saturated carbocycles. The first kappa shape index (κ1) is 15.5. The van der Waals surface area contributed by atoms with Crippen molar-refractivity contribution in [2.45, 2.75) is 51.2 Å². The van der Waals surface area contributed by atoms with E-state index in [4.69, 9.17) is 5.73 Å². The monoisotopic (exact) mass is 293 g/mol. The zero-order valence-corrected chi connectivity index (χ0v) is 12.3. The average Bonchev–Trinajstić information content (AvgIpc) is 2.45. The van der Waals surface area contributed by atoms with Gasteiger partial charge < -0.3 is 21.5 Å². The Hall–Kier alpha value is -1.89. The molecule has 0 radical (unpaired) electrons. The molecule has 7 heteroatoms. The number of hydrogen-bond acceptors (Lipinski definition) is 6. The molecule has 0 bridgehead atoms. The van der Waals surface area contributed by atoms with Crippen LogP contribution in [-0.2, 0) is 0 Å². The fraction of sp³-hybridized carbons (Fsp3) is 0.643. The maximum atomic E-state index is 11.4. The summed E-state index contributed by atoms with van der Waals surface area (Å²) in [6.45, 7) is 2.74. The Balaban J connectivity index is 2.10.